The highest BCUT2D eigenvalue weighted by molar-refractivity contribution is 9.10. The van der Waals surface area contributed by atoms with Crippen molar-refractivity contribution in [1.82, 2.24) is 9.78 Å². The van der Waals surface area contributed by atoms with Gasteiger partial charge in [0, 0.05) is 27.8 Å². The molecule has 5 nitrogen and oxygen atoms in total. The van der Waals surface area contributed by atoms with E-state index in [0.717, 1.165) is 28.0 Å². The molecule has 0 aliphatic rings. The van der Waals surface area contributed by atoms with E-state index in [9.17, 15) is 9.59 Å². The van der Waals surface area contributed by atoms with E-state index in [1.54, 1.807) is 24.3 Å². The standard InChI is InChI=1S/C19H23BrN2O3/c1-12(2)10-22-14(4)17(13(3)21-22)9-19(24)25-11-18(23)15-5-7-16(20)8-6-15/h5-8,12H,9-11H2,1-4H3. The van der Waals surface area contributed by atoms with Gasteiger partial charge in [-0.3, -0.25) is 14.3 Å². The first-order chi connectivity index (χ1) is 11.8. The van der Waals surface area contributed by atoms with Crippen molar-refractivity contribution in [3.05, 3.63) is 51.3 Å². The lowest BCUT2D eigenvalue weighted by Crippen LogP contribution is -2.16. The van der Waals surface area contributed by atoms with Crippen molar-refractivity contribution in [2.75, 3.05) is 6.61 Å². The van der Waals surface area contributed by atoms with Crippen molar-refractivity contribution in [3.8, 4) is 0 Å². The third-order valence-corrected chi connectivity index (χ3v) is 4.45. The SMILES string of the molecule is Cc1nn(CC(C)C)c(C)c1CC(=O)OCC(=O)c1ccc(Br)cc1. The van der Waals surface area contributed by atoms with Crippen LogP contribution in [0.3, 0.4) is 0 Å². The summed E-state index contributed by atoms with van der Waals surface area (Å²) in [5.74, 6) is -0.160. The number of halogens is 1. The van der Waals surface area contributed by atoms with Crippen molar-refractivity contribution in [2.45, 2.75) is 40.7 Å². The number of carbonyl (C=O) groups is 2. The van der Waals surface area contributed by atoms with Gasteiger partial charge in [-0.1, -0.05) is 41.9 Å². The number of aryl methyl sites for hydroxylation is 1. The Kier molecular flexibility index (Phi) is 6.53. The van der Waals surface area contributed by atoms with E-state index < -0.39 is 5.97 Å². The topological polar surface area (TPSA) is 61.2 Å². The first-order valence-electron chi connectivity index (χ1n) is 8.25. The molecule has 0 spiro atoms. The minimum Gasteiger partial charge on any atom is -0.457 e. The van der Waals surface area contributed by atoms with Gasteiger partial charge in [-0.15, -0.1) is 0 Å². The molecule has 0 aliphatic heterocycles. The minimum atomic E-state index is -0.416. The number of aromatic nitrogens is 2. The first-order valence-corrected chi connectivity index (χ1v) is 9.04. The second-order valence-corrected chi connectivity index (χ2v) is 7.41. The summed E-state index contributed by atoms with van der Waals surface area (Å²) in [7, 11) is 0. The lowest BCUT2D eigenvalue weighted by Gasteiger charge is -2.08. The maximum Gasteiger partial charge on any atom is 0.310 e. The molecule has 0 fully saturated rings. The van der Waals surface area contributed by atoms with Crippen LogP contribution in [0, 0.1) is 19.8 Å². The molecule has 0 radical (unpaired) electrons. The van der Waals surface area contributed by atoms with E-state index in [0.29, 0.717) is 11.5 Å². The highest BCUT2D eigenvalue weighted by Crippen LogP contribution is 2.16. The smallest absolute Gasteiger partial charge is 0.310 e. The van der Waals surface area contributed by atoms with Gasteiger partial charge < -0.3 is 4.74 Å². The van der Waals surface area contributed by atoms with Crippen LogP contribution in [0.15, 0.2) is 28.7 Å². The lowest BCUT2D eigenvalue weighted by atomic mass is 10.1. The molecule has 0 saturated carbocycles. The molecule has 0 bridgehead atoms. The minimum absolute atomic E-state index is 0.128. The number of rotatable bonds is 7. The third kappa shape index (κ3) is 5.26. The molecule has 6 heteroatoms. The number of esters is 1. The quantitative estimate of drug-likeness (QED) is 0.516. The summed E-state index contributed by atoms with van der Waals surface area (Å²) in [5.41, 5.74) is 3.20. The highest BCUT2D eigenvalue weighted by atomic mass is 79.9. The summed E-state index contributed by atoms with van der Waals surface area (Å²) in [5, 5.41) is 4.49. The lowest BCUT2D eigenvalue weighted by molar-refractivity contribution is -0.141. The Labute approximate surface area is 156 Å². The van der Waals surface area contributed by atoms with Crippen LogP contribution in [0.1, 0.15) is 41.2 Å². The van der Waals surface area contributed by atoms with Crippen molar-refractivity contribution in [1.29, 1.82) is 0 Å². The fourth-order valence-electron chi connectivity index (χ4n) is 2.57. The van der Waals surface area contributed by atoms with E-state index in [4.69, 9.17) is 4.74 Å². The Balaban J connectivity index is 1.95. The fourth-order valence-corrected chi connectivity index (χ4v) is 2.84. The molecule has 0 N–H and O–H groups in total. The van der Waals surface area contributed by atoms with Crippen LogP contribution in [-0.2, 0) is 22.5 Å². The van der Waals surface area contributed by atoms with Gasteiger partial charge in [-0.25, -0.2) is 0 Å². The summed E-state index contributed by atoms with van der Waals surface area (Å²) in [4.78, 5) is 24.2. The first kappa shape index (κ1) is 19.4. The molecule has 1 aromatic carbocycles. The molecule has 0 unspecified atom stereocenters. The molecule has 2 aromatic rings. The van der Waals surface area contributed by atoms with Gasteiger partial charge in [0.15, 0.2) is 12.4 Å². The van der Waals surface area contributed by atoms with E-state index in [-0.39, 0.29) is 18.8 Å². The van der Waals surface area contributed by atoms with Crippen LogP contribution in [0.4, 0.5) is 0 Å². The zero-order chi connectivity index (χ0) is 18.6. The summed E-state index contributed by atoms with van der Waals surface area (Å²) < 4.78 is 7.98. The maximum atomic E-state index is 12.1. The Hall–Kier alpha value is -1.95. The van der Waals surface area contributed by atoms with Crippen LogP contribution < -0.4 is 0 Å². The van der Waals surface area contributed by atoms with Crippen LogP contribution >= 0.6 is 15.9 Å². The summed E-state index contributed by atoms with van der Waals surface area (Å²) in [6.45, 7) is 8.65. The molecule has 0 amide bonds. The number of hydrogen-bond acceptors (Lipinski definition) is 4. The predicted molar refractivity (Wildman–Crippen MR) is 99.7 cm³/mol. The Morgan fingerprint density at radius 3 is 2.44 bits per heavy atom. The van der Waals surface area contributed by atoms with Gasteiger partial charge in [0.25, 0.3) is 0 Å². The second-order valence-electron chi connectivity index (χ2n) is 6.49. The fraction of sp³-hybridized carbons (Fsp3) is 0.421. The average Bonchev–Trinajstić information content (AvgIpc) is 2.80. The number of Topliss-reactive ketones (excluding diaryl/α,β-unsaturated/α-hetero) is 1. The zero-order valence-electron chi connectivity index (χ0n) is 15.0. The van der Waals surface area contributed by atoms with Gasteiger partial charge in [0.2, 0.25) is 0 Å². The van der Waals surface area contributed by atoms with E-state index in [2.05, 4.69) is 34.9 Å². The molecule has 25 heavy (non-hydrogen) atoms. The Bertz CT molecular complexity index is 764. The zero-order valence-corrected chi connectivity index (χ0v) is 16.6. The van der Waals surface area contributed by atoms with Gasteiger partial charge in [0.05, 0.1) is 12.1 Å². The van der Waals surface area contributed by atoms with Crippen molar-refractivity contribution in [3.63, 3.8) is 0 Å². The molecular weight excluding hydrogens is 384 g/mol. The van der Waals surface area contributed by atoms with Crippen LogP contribution in [0.5, 0.6) is 0 Å². The summed E-state index contributed by atoms with van der Waals surface area (Å²) >= 11 is 3.32. The maximum absolute atomic E-state index is 12.1. The molecule has 0 saturated heterocycles. The summed E-state index contributed by atoms with van der Waals surface area (Å²) in [6, 6.07) is 6.96. The Morgan fingerprint density at radius 1 is 1.20 bits per heavy atom. The van der Waals surface area contributed by atoms with E-state index >= 15 is 0 Å². The normalized spacial score (nSPS) is 11.0. The van der Waals surface area contributed by atoms with Crippen LogP contribution in [-0.4, -0.2) is 28.1 Å². The van der Waals surface area contributed by atoms with Gasteiger partial charge in [0.1, 0.15) is 0 Å². The van der Waals surface area contributed by atoms with Gasteiger partial charge in [-0.05, 0) is 31.9 Å². The van der Waals surface area contributed by atoms with Crippen LogP contribution in [0.25, 0.3) is 0 Å². The molecule has 0 atom stereocenters. The monoisotopic (exact) mass is 406 g/mol. The number of ether oxygens (including phenoxy) is 1. The number of ketones is 1. The van der Waals surface area contributed by atoms with Crippen molar-refractivity contribution >= 4 is 27.7 Å². The Morgan fingerprint density at radius 2 is 1.84 bits per heavy atom. The van der Waals surface area contributed by atoms with Gasteiger partial charge >= 0.3 is 5.97 Å². The van der Waals surface area contributed by atoms with Crippen molar-refractivity contribution in [2.24, 2.45) is 5.92 Å². The number of hydrogen-bond donors (Lipinski definition) is 0. The number of benzene rings is 1. The third-order valence-electron chi connectivity index (χ3n) is 3.92. The molecule has 0 aliphatic carbocycles. The largest absolute Gasteiger partial charge is 0.457 e. The molecule has 1 aromatic heterocycles. The molecule has 134 valence electrons. The van der Waals surface area contributed by atoms with Crippen molar-refractivity contribution < 1.29 is 14.3 Å². The van der Waals surface area contributed by atoms with E-state index in [1.807, 2.05) is 18.5 Å². The second kappa shape index (κ2) is 8.43. The molecule has 2 rings (SSSR count). The molecule has 1 heterocycles. The molecular formula is C19H23BrN2O3. The highest BCUT2D eigenvalue weighted by Gasteiger charge is 2.17. The summed E-state index contributed by atoms with van der Waals surface area (Å²) in [6.07, 6.45) is 0.128. The number of nitrogens with zero attached hydrogens (tertiary/aromatic N) is 2. The van der Waals surface area contributed by atoms with Crippen LogP contribution in [0.2, 0.25) is 0 Å². The van der Waals surface area contributed by atoms with E-state index in [1.165, 1.54) is 0 Å². The average molecular weight is 407 g/mol. The van der Waals surface area contributed by atoms with Gasteiger partial charge in [-0.2, -0.15) is 5.10 Å². The number of carbonyl (C=O) groups excluding carboxylic acids is 2. The predicted octanol–water partition coefficient (Wildman–Crippen LogP) is 3.89.